The van der Waals surface area contributed by atoms with Crippen molar-refractivity contribution >= 4 is 17.9 Å². The topological polar surface area (TPSA) is 92.6 Å². The van der Waals surface area contributed by atoms with Crippen LogP contribution in [0, 0.1) is 0 Å². The highest BCUT2D eigenvalue weighted by Gasteiger charge is 2.52. The Bertz CT molecular complexity index is 1320. The number of benzene rings is 3. The third-order valence-corrected chi connectivity index (χ3v) is 7.49. The summed E-state index contributed by atoms with van der Waals surface area (Å²) in [6.45, 7) is 4.92. The van der Waals surface area contributed by atoms with Gasteiger partial charge in [-0.2, -0.15) is 0 Å². The lowest BCUT2D eigenvalue weighted by Crippen LogP contribution is -2.50. The van der Waals surface area contributed by atoms with Crippen LogP contribution in [-0.2, 0) is 14.3 Å². The standard InChI is InChI=1S/C34H39N3O5/c38-23-8-24-41-30-16-14-29(15-17-30)32-36-34(18-7-11-27-9-3-1-4-10-27,31(42-32)28-12-5-2-6-13-28)33(39)35-19-20-37-21-25-40-26-22-37/h1-7,9-17,31,38H,8,18-26H2,(H,35,39)/b11-7+/t31-,34-/m1/s1. The lowest BCUT2D eigenvalue weighted by Gasteiger charge is -2.31. The first-order chi connectivity index (χ1) is 20.7. The smallest absolute Gasteiger partial charge is 0.252 e. The van der Waals surface area contributed by atoms with Crippen molar-refractivity contribution in [1.82, 2.24) is 10.2 Å². The van der Waals surface area contributed by atoms with Gasteiger partial charge in [-0.05, 0) is 35.4 Å². The number of aliphatic hydroxyl groups excluding tert-OH is 1. The molecule has 3 aromatic carbocycles. The Hall–Kier alpha value is -3.98. The van der Waals surface area contributed by atoms with Crippen LogP contribution in [0.3, 0.4) is 0 Å². The molecule has 0 bridgehead atoms. The highest BCUT2D eigenvalue weighted by molar-refractivity contribution is 6.01. The van der Waals surface area contributed by atoms with Crippen LogP contribution in [0.15, 0.2) is 96.0 Å². The summed E-state index contributed by atoms with van der Waals surface area (Å²) in [5.74, 6) is 0.951. The molecule has 2 heterocycles. The Labute approximate surface area is 247 Å². The molecular formula is C34H39N3O5. The molecule has 1 fully saturated rings. The molecule has 0 unspecified atom stereocenters. The summed E-state index contributed by atoms with van der Waals surface area (Å²) in [7, 11) is 0. The summed E-state index contributed by atoms with van der Waals surface area (Å²) >= 11 is 0. The van der Waals surface area contributed by atoms with Crippen LogP contribution in [-0.4, -0.2) is 80.0 Å². The Kier molecular flexibility index (Phi) is 10.4. The molecular weight excluding hydrogens is 530 g/mol. The van der Waals surface area contributed by atoms with Gasteiger partial charge in [0.25, 0.3) is 5.91 Å². The fraction of sp³-hybridized carbons (Fsp3) is 0.353. The first-order valence-corrected chi connectivity index (χ1v) is 14.6. The van der Waals surface area contributed by atoms with E-state index in [-0.39, 0.29) is 12.5 Å². The van der Waals surface area contributed by atoms with Crippen LogP contribution >= 0.6 is 0 Å². The van der Waals surface area contributed by atoms with Crippen molar-refractivity contribution in [1.29, 1.82) is 0 Å². The SMILES string of the molecule is O=C(NCCN1CCOCC1)[C@]1(C/C=C/c2ccccc2)N=C(c2ccc(OCCCO)cc2)O[C@@H]1c1ccccc1. The largest absolute Gasteiger partial charge is 0.494 e. The fourth-order valence-electron chi connectivity index (χ4n) is 5.19. The van der Waals surface area contributed by atoms with Crippen molar-refractivity contribution in [3.63, 3.8) is 0 Å². The zero-order chi connectivity index (χ0) is 29.0. The molecule has 220 valence electrons. The Morgan fingerprint density at radius 1 is 1.02 bits per heavy atom. The molecule has 2 atom stereocenters. The zero-order valence-electron chi connectivity index (χ0n) is 23.9. The van der Waals surface area contributed by atoms with E-state index >= 15 is 0 Å². The summed E-state index contributed by atoms with van der Waals surface area (Å²) in [4.78, 5) is 21.6. The summed E-state index contributed by atoms with van der Waals surface area (Å²) in [6.07, 6.45) is 4.35. The van der Waals surface area contributed by atoms with Gasteiger partial charge in [0.1, 0.15) is 5.75 Å². The maximum Gasteiger partial charge on any atom is 0.252 e. The van der Waals surface area contributed by atoms with Crippen molar-refractivity contribution in [3.05, 3.63) is 108 Å². The first kappa shape index (κ1) is 29.5. The van der Waals surface area contributed by atoms with E-state index in [0.717, 1.165) is 36.3 Å². The molecule has 5 rings (SSSR count). The number of morpholine rings is 1. The van der Waals surface area contributed by atoms with Gasteiger partial charge in [-0.25, -0.2) is 4.99 Å². The van der Waals surface area contributed by atoms with E-state index in [1.165, 1.54) is 0 Å². The van der Waals surface area contributed by atoms with Crippen molar-refractivity contribution in [3.8, 4) is 5.75 Å². The molecule has 8 heteroatoms. The molecule has 2 aliphatic rings. The summed E-state index contributed by atoms with van der Waals surface area (Å²) in [5.41, 5.74) is 1.50. The van der Waals surface area contributed by atoms with Gasteiger partial charge in [0.2, 0.25) is 5.90 Å². The molecule has 2 aliphatic heterocycles. The molecule has 8 nitrogen and oxygen atoms in total. The van der Waals surface area contributed by atoms with E-state index in [4.69, 9.17) is 24.3 Å². The number of nitrogens with one attached hydrogen (secondary N) is 1. The molecule has 0 aromatic heterocycles. The quantitative estimate of drug-likeness (QED) is 0.299. The van der Waals surface area contributed by atoms with Crippen LogP contribution in [0.5, 0.6) is 5.75 Å². The monoisotopic (exact) mass is 569 g/mol. The van der Waals surface area contributed by atoms with Gasteiger partial charge in [0, 0.05) is 51.2 Å². The fourth-order valence-corrected chi connectivity index (χ4v) is 5.19. The van der Waals surface area contributed by atoms with E-state index in [0.29, 0.717) is 50.9 Å². The molecule has 0 saturated carbocycles. The second-order valence-electron chi connectivity index (χ2n) is 10.4. The molecule has 3 aromatic rings. The Morgan fingerprint density at radius 3 is 2.45 bits per heavy atom. The Balaban J connectivity index is 1.44. The molecule has 0 aliphatic carbocycles. The van der Waals surface area contributed by atoms with E-state index in [1.54, 1.807) is 0 Å². The van der Waals surface area contributed by atoms with Crippen LogP contribution in [0.1, 0.15) is 35.6 Å². The van der Waals surface area contributed by atoms with Gasteiger partial charge < -0.3 is 24.6 Å². The number of carbonyl (C=O) groups excluding carboxylic acids is 1. The number of hydrogen-bond donors (Lipinski definition) is 2. The number of amides is 1. The molecule has 0 radical (unpaired) electrons. The number of aliphatic hydroxyl groups is 1. The minimum Gasteiger partial charge on any atom is -0.494 e. The number of aliphatic imine (C=N–C) groups is 1. The summed E-state index contributed by atoms with van der Waals surface area (Å²) in [5, 5.41) is 12.2. The number of nitrogens with zero attached hydrogens (tertiary/aromatic N) is 2. The average molecular weight is 570 g/mol. The van der Waals surface area contributed by atoms with E-state index in [2.05, 4.69) is 10.2 Å². The summed E-state index contributed by atoms with van der Waals surface area (Å²) in [6, 6.07) is 27.4. The maximum atomic E-state index is 14.2. The summed E-state index contributed by atoms with van der Waals surface area (Å²) < 4.78 is 17.7. The predicted molar refractivity (Wildman–Crippen MR) is 164 cm³/mol. The lowest BCUT2D eigenvalue weighted by molar-refractivity contribution is -0.128. The third-order valence-electron chi connectivity index (χ3n) is 7.49. The maximum absolute atomic E-state index is 14.2. The minimum atomic E-state index is -1.21. The highest BCUT2D eigenvalue weighted by atomic mass is 16.5. The van der Waals surface area contributed by atoms with Crippen molar-refractivity contribution < 1.29 is 24.1 Å². The van der Waals surface area contributed by atoms with Crippen LogP contribution in [0.4, 0.5) is 0 Å². The third kappa shape index (κ3) is 7.45. The van der Waals surface area contributed by atoms with Gasteiger partial charge in [0.05, 0.1) is 19.8 Å². The van der Waals surface area contributed by atoms with Gasteiger partial charge in [0.15, 0.2) is 11.6 Å². The van der Waals surface area contributed by atoms with Gasteiger partial charge >= 0.3 is 0 Å². The normalized spacial score (nSPS) is 20.7. The molecule has 1 amide bonds. The molecule has 42 heavy (non-hydrogen) atoms. The molecule has 0 spiro atoms. The average Bonchev–Trinajstić information content (AvgIpc) is 3.44. The lowest BCUT2D eigenvalue weighted by atomic mass is 9.84. The van der Waals surface area contributed by atoms with Gasteiger partial charge in [-0.15, -0.1) is 0 Å². The van der Waals surface area contributed by atoms with Gasteiger partial charge in [-0.1, -0.05) is 72.8 Å². The second-order valence-corrected chi connectivity index (χ2v) is 10.4. The number of ether oxygens (including phenoxy) is 3. The van der Waals surface area contributed by atoms with Crippen molar-refractivity contribution in [2.24, 2.45) is 4.99 Å². The Morgan fingerprint density at radius 2 is 1.74 bits per heavy atom. The predicted octanol–water partition coefficient (Wildman–Crippen LogP) is 4.26. The van der Waals surface area contributed by atoms with Crippen molar-refractivity contribution in [2.45, 2.75) is 24.5 Å². The zero-order valence-corrected chi connectivity index (χ0v) is 23.9. The van der Waals surface area contributed by atoms with E-state index < -0.39 is 11.6 Å². The van der Waals surface area contributed by atoms with Crippen LogP contribution in [0.2, 0.25) is 0 Å². The highest BCUT2D eigenvalue weighted by Crippen LogP contribution is 2.43. The van der Waals surface area contributed by atoms with Crippen LogP contribution < -0.4 is 10.1 Å². The van der Waals surface area contributed by atoms with Crippen LogP contribution in [0.25, 0.3) is 6.08 Å². The second kappa shape index (κ2) is 14.8. The van der Waals surface area contributed by atoms with Gasteiger partial charge in [-0.3, -0.25) is 9.69 Å². The number of carbonyl (C=O) groups is 1. The van der Waals surface area contributed by atoms with E-state index in [9.17, 15) is 4.79 Å². The van der Waals surface area contributed by atoms with E-state index in [1.807, 2.05) is 97.1 Å². The minimum absolute atomic E-state index is 0.0823. The number of hydrogen-bond acceptors (Lipinski definition) is 7. The molecule has 2 N–H and O–H groups in total. The van der Waals surface area contributed by atoms with Crippen molar-refractivity contribution in [2.75, 3.05) is 52.6 Å². The number of rotatable bonds is 13. The molecule has 1 saturated heterocycles. The first-order valence-electron chi connectivity index (χ1n) is 14.6.